The molecule has 3 aromatic rings. The monoisotopic (exact) mass is 261 g/mol. The molecule has 20 heavy (non-hydrogen) atoms. The van der Waals surface area contributed by atoms with Crippen LogP contribution in [0, 0.1) is 11.8 Å². The van der Waals surface area contributed by atoms with Gasteiger partial charge in [0.05, 0.1) is 23.4 Å². The zero-order valence-corrected chi connectivity index (χ0v) is 10.6. The summed E-state index contributed by atoms with van der Waals surface area (Å²) in [5, 5.41) is 0.506. The number of nitrogens with zero attached hydrogens (tertiary/aromatic N) is 2. The molecule has 0 aliphatic heterocycles. The predicted octanol–water partition coefficient (Wildman–Crippen LogP) is 1.91. The van der Waals surface area contributed by atoms with Crippen molar-refractivity contribution in [1.82, 2.24) is 15.0 Å². The van der Waals surface area contributed by atoms with E-state index in [9.17, 15) is 4.79 Å². The van der Waals surface area contributed by atoms with Crippen LogP contribution in [-0.4, -0.2) is 15.0 Å². The van der Waals surface area contributed by atoms with Crippen LogP contribution in [0.1, 0.15) is 11.3 Å². The van der Waals surface area contributed by atoms with E-state index in [0.29, 0.717) is 23.0 Å². The van der Waals surface area contributed by atoms with Crippen LogP contribution >= 0.6 is 0 Å². The second-order valence-corrected chi connectivity index (χ2v) is 4.28. The van der Waals surface area contributed by atoms with Gasteiger partial charge in [-0.15, -0.1) is 0 Å². The van der Waals surface area contributed by atoms with Crippen molar-refractivity contribution in [3.8, 4) is 11.8 Å². The summed E-state index contributed by atoms with van der Waals surface area (Å²) in [6, 6.07) is 11.7. The van der Waals surface area contributed by atoms with Gasteiger partial charge in [0.1, 0.15) is 5.69 Å². The molecule has 96 valence electrons. The lowest BCUT2D eigenvalue weighted by molar-refractivity contribution is 1.15. The largest absolute Gasteiger partial charge is 0.313 e. The molecule has 0 saturated heterocycles. The lowest BCUT2D eigenvalue weighted by atomic mass is 10.1. The molecule has 0 bridgehead atoms. The Kier molecular flexibility index (Phi) is 3.25. The maximum atomic E-state index is 11.7. The Labute approximate surface area is 115 Å². The lowest BCUT2D eigenvalue weighted by Crippen LogP contribution is -2.06. The molecule has 0 unspecified atom stereocenters. The summed E-state index contributed by atoms with van der Waals surface area (Å²) in [6.45, 7) is 0. The third-order valence-electron chi connectivity index (χ3n) is 2.88. The highest BCUT2D eigenvalue weighted by atomic mass is 16.1. The number of hydrogen-bond donors (Lipinski definition) is 1. The quantitative estimate of drug-likeness (QED) is 0.681. The van der Waals surface area contributed by atoms with E-state index in [-0.39, 0.29) is 5.56 Å². The Morgan fingerprint density at radius 2 is 2.00 bits per heavy atom. The SMILES string of the molecule is O=c1[nH]cnc2cnc(C#CCc3ccccc3)cc12. The van der Waals surface area contributed by atoms with Gasteiger partial charge in [-0.25, -0.2) is 9.97 Å². The first-order valence-electron chi connectivity index (χ1n) is 6.19. The molecule has 4 heteroatoms. The molecule has 0 aliphatic rings. The van der Waals surface area contributed by atoms with Gasteiger partial charge in [-0.3, -0.25) is 4.79 Å². The second-order valence-electron chi connectivity index (χ2n) is 4.28. The molecule has 1 aromatic carbocycles. The van der Waals surface area contributed by atoms with E-state index in [2.05, 4.69) is 26.8 Å². The van der Waals surface area contributed by atoms with E-state index in [1.54, 1.807) is 12.3 Å². The Balaban J connectivity index is 1.89. The molecular formula is C16H11N3O. The summed E-state index contributed by atoms with van der Waals surface area (Å²) >= 11 is 0. The number of nitrogens with one attached hydrogen (secondary N) is 1. The Morgan fingerprint density at radius 3 is 2.85 bits per heavy atom. The van der Waals surface area contributed by atoms with Crippen molar-refractivity contribution >= 4 is 10.9 Å². The molecule has 0 atom stereocenters. The Hall–Kier alpha value is -2.93. The average Bonchev–Trinajstić information content (AvgIpc) is 2.49. The van der Waals surface area contributed by atoms with E-state index in [1.807, 2.05) is 30.3 Å². The zero-order valence-electron chi connectivity index (χ0n) is 10.6. The summed E-state index contributed by atoms with van der Waals surface area (Å²) in [4.78, 5) is 22.4. The minimum absolute atomic E-state index is 0.177. The Morgan fingerprint density at radius 1 is 1.15 bits per heavy atom. The second kappa shape index (κ2) is 5.37. The van der Waals surface area contributed by atoms with Gasteiger partial charge in [-0.1, -0.05) is 36.3 Å². The summed E-state index contributed by atoms with van der Waals surface area (Å²) in [5.74, 6) is 6.03. The standard InChI is InChI=1S/C16H11N3O/c20-16-14-9-13(17-10-15(14)18-11-19-16)8-4-7-12-5-2-1-3-6-12/h1-3,5-6,9-11H,7H2,(H,18,19,20). The van der Waals surface area contributed by atoms with E-state index in [1.165, 1.54) is 6.33 Å². The van der Waals surface area contributed by atoms with E-state index >= 15 is 0 Å². The van der Waals surface area contributed by atoms with Crippen LogP contribution in [-0.2, 0) is 6.42 Å². The van der Waals surface area contributed by atoms with Gasteiger partial charge in [-0.2, -0.15) is 0 Å². The third kappa shape index (κ3) is 2.57. The van der Waals surface area contributed by atoms with Gasteiger partial charge in [0.25, 0.3) is 5.56 Å². The normalized spacial score (nSPS) is 10.0. The van der Waals surface area contributed by atoms with Crippen molar-refractivity contribution in [2.75, 3.05) is 0 Å². The Bertz CT molecular complexity index is 857. The van der Waals surface area contributed by atoms with Crippen LogP contribution in [0.3, 0.4) is 0 Å². The number of rotatable bonds is 1. The lowest BCUT2D eigenvalue weighted by Gasteiger charge is -1.95. The van der Waals surface area contributed by atoms with Gasteiger partial charge < -0.3 is 4.98 Å². The molecule has 0 fully saturated rings. The van der Waals surface area contributed by atoms with Crippen LogP contribution < -0.4 is 5.56 Å². The van der Waals surface area contributed by atoms with E-state index in [4.69, 9.17) is 0 Å². The topological polar surface area (TPSA) is 58.6 Å². The van der Waals surface area contributed by atoms with Crippen molar-refractivity contribution in [1.29, 1.82) is 0 Å². The highest BCUT2D eigenvalue weighted by Gasteiger charge is 2.00. The van der Waals surface area contributed by atoms with Crippen molar-refractivity contribution in [3.05, 3.63) is 70.5 Å². The van der Waals surface area contributed by atoms with Crippen LogP contribution in [0.5, 0.6) is 0 Å². The fraction of sp³-hybridized carbons (Fsp3) is 0.0625. The summed E-state index contributed by atoms with van der Waals surface area (Å²) in [6.07, 6.45) is 3.59. The minimum Gasteiger partial charge on any atom is -0.313 e. The average molecular weight is 261 g/mol. The predicted molar refractivity (Wildman–Crippen MR) is 77.2 cm³/mol. The van der Waals surface area contributed by atoms with Crippen LogP contribution in [0.4, 0.5) is 0 Å². The molecule has 0 amide bonds. The number of aromatic amines is 1. The smallest absolute Gasteiger partial charge is 0.258 e. The molecule has 4 nitrogen and oxygen atoms in total. The van der Waals surface area contributed by atoms with Gasteiger partial charge in [-0.05, 0) is 17.6 Å². The first kappa shape index (κ1) is 12.1. The van der Waals surface area contributed by atoms with E-state index < -0.39 is 0 Å². The molecule has 0 spiro atoms. The summed E-state index contributed by atoms with van der Waals surface area (Å²) < 4.78 is 0. The van der Waals surface area contributed by atoms with Crippen molar-refractivity contribution in [2.45, 2.75) is 6.42 Å². The molecule has 2 aromatic heterocycles. The maximum Gasteiger partial charge on any atom is 0.258 e. The number of benzene rings is 1. The van der Waals surface area contributed by atoms with Crippen molar-refractivity contribution < 1.29 is 0 Å². The molecule has 0 saturated carbocycles. The zero-order chi connectivity index (χ0) is 13.8. The fourth-order valence-corrected chi connectivity index (χ4v) is 1.87. The first-order valence-corrected chi connectivity index (χ1v) is 6.19. The summed E-state index contributed by atoms with van der Waals surface area (Å²) in [5.41, 5.74) is 2.12. The number of aromatic nitrogens is 3. The summed E-state index contributed by atoms with van der Waals surface area (Å²) in [7, 11) is 0. The van der Waals surface area contributed by atoms with Crippen molar-refractivity contribution in [3.63, 3.8) is 0 Å². The van der Waals surface area contributed by atoms with Crippen LogP contribution in [0.25, 0.3) is 10.9 Å². The molecule has 2 heterocycles. The molecule has 0 radical (unpaired) electrons. The third-order valence-corrected chi connectivity index (χ3v) is 2.88. The van der Waals surface area contributed by atoms with E-state index in [0.717, 1.165) is 5.56 Å². The van der Waals surface area contributed by atoms with Gasteiger partial charge >= 0.3 is 0 Å². The van der Waals surface area contributed by atoms with Gasteiger partial charge in [0, 0.05) is 6.42 Å². The van der Waals surface area contributed by atoms with Crippen molar-refractivity contribution in [2.24, 2.45) is 0 Å². The molecule has 1 N–H and O–H groups in total. The van der Waals surface area contributed by atoms with Crippen LogP contribution in [0.2, 0.25) is 0 Å². The molecular weight excluding hydrogens is 250 g/mol. The van der Waals surface area contributed by atoms with Gasteiger partial charge in [0.15, 0.2) is 0 Å². The van der Waals surface area contributed by atoms with Gasteiger partial charge in [0.2, 0.25) is 0 Å². The maximum absolute atomic E-state index is 11.7. The number of pyridine rings is 1. The van der Waals surface area contributed by atoms with Crippen LogP contribution in [0.15, 0.2) is 53.7 Å². The highest BCUT2D eigenvalue weighted by molar-refractivity contribution is 5.77. The minimum atomic E-state index is -0.177. The first-order chi connectivity index (χ1) is 9.83. The fourth-order valence-electron chi connectivity index (χ4n) is 1.87. The molecule has 0 aliphatic carbocycles. The number of fused-ring (bicyclic) bond motifs is 1. The number of hydrogen-bond acceptors (Lipinski definition) is 3. The molecule has 3 rings (SSSR count). The number of H-pyrrole nitrogens is 1. The highest BCUT2D eigenvalue weighted by Crippen LogP contribution is 2.05.